The predicted octanol–water partition coefficient (Wildman–Crippen LogP) is 6.38. The van der Waals surface area contributed by atoms with Crippen molar-refractivity contribution in [3.8, 4) is 12.3 Å². The minimum absolute atomic E-state index is 0.248. The molecule has 1 nitrogen and oxygen atoms in total. The predicted molar refractivity (Wildman–Crippen MR) is 110 cm³/mol. The van der Waals surface area contributed by atoms with E-state index in [2.05, 4.69) is 81.6 Å². The van der Waals surface area contributed by atoms with Gasteiger partial charge in [0.1, 0.15) is 0 Å². The first-order valence-corrected chi connectivity index (χ1v) is 8.53. The lowest BCUT2D eigenvalue weighted by Crippen LogP contribution is -2.13. The van der Waals surface area contributed by atoms with Gasteiger partial charge in [0.15, 0.2) is 0 Å². The number of aromatic amines is 1. The second-order valence-electron chi connectivity index (χ2n) is 7.06. The zero-order chi connectivity index (χ0) is 18.6. The molecule has 0 fully saturated rings. The Kier molecular flexibility index (Phi) is 5.55. The molecule has 25 heavy (non-hydrogen) atoms. The second kappa shape index (κ2) is 7.45. The van der Waals surface area contributed by atoms with Crippen molar-refractivity contribution in [3.63, 3.8) is 0 Å². The summed E-state index contributed by atoms with van der Waals surface area (Å²) in [6.07, 6.45) is 9.72. The molecule has 0 spiro atoms. The number of hydrogen-bond donors (Lipinski definition) is 1. The van der Waals surface area contributed by atoms with Crippen molar-refractivity contribution in [2.45, 2.75) is 40.0 Å². The van der Waals surface area contributed by atoms with Crippen molar-refractivity contribution in [3.05, 3.63) is 82.7 Å². The van der Waals surface area contributed by atoms with Crippen molar-refractivity contribution in [2.75, 3.05) is 0 Å². The lowest BCUT2D eigenvalue weighted by atomic mass is 9.84. The second-order valence-corrected chi connectivity index (χ2v) is 7.06. The number of H-pyrrole nitrogens is 1. The van der Waals surface area contributed by atoms with Crippen LogP contribution < -0.4 is 0 Å². The molecule has 2 aromatic rings. The smallest absolute Gasteiger partial charge is 0.0504 e. The molecule has 0 saturated heterocycles. The summed E-state index contributed by atoms with van der Waals surface area (Å²) in [7, 11) is 0. The SMILES string of the molecule is C#CC(C)(C)c1ccc(/C(C)=C(C)/C(=C\c2ccc[nH]2)C(=C)C)cc1. The van der Waals surface area contributed by atoms with Gasteiger partial charge in [-0.3, -0.25) is 0 Å². The molecule has 0 atom stereocenters. The molecule has 0 amide bonds. The van der Waals surface area contributed by atoms with Gasteiger partial charge in [-0.2, -0.15) is 0 Å². The Balaban J connectivity index is 2.43. The van der Waals surface area contributed by atoms with E-state index in [1.807, 2.05) is 19.2 Å². The monoisotopic (exact) mass is 329 g/mol. The third kappa shape index (κ3) is 4.22. The van der Waals surface area contributed by atoms with Crippen LogP contribution in [0.25, 0.3) is 11.6 Å². The van der Waals surface area contributed by atoms with Gasteiger partial charge in [0, 0.05) is 11.9 Å². The Bertz CT molecular complexity index is 848. The summed E-state index contributed by atoms with van der Waals surface area (Å²) in [6.45, 7) is 14.6. The molecule has 1 N–H and O–H groups in total. The molecule has 0 aliphatic rings. The lowest BCUT2D eigenvalue weighted by Gasteiger charge is -2.19. The van der Waals surface area contributed by atoms with Crippen LogP contribution in [0.1, 0.15) is 51.4 Å². The van der Waals surface area contributed by atoms with Crippen LogP contribution in [0, 0.1) is 12.3 Å². The lowest BCUT2D eigenvalue weighted by molar-refractivity contribution is 0.699. The molecular weight excluding hydrogens is 302 g/mol. The standard InChI is InChI=1S/C24H27N/c1-8-24(6,7)21-13-11-20(12-14-21)18(4)19(5)23(17(2)3)16-22-10-9-15-25-22/h1,9-16,25H,2H2,3-7H3/b19-18+,23-16-. The van der Waals surface area contributed by atoms with Gasteiger partial charge in [0.05, 0.1) is 5.41 Å². The molecule has 0 saturated carbocycles. The first kappa shape index (κ1) is 18.6. The number of hydrogen-bond acceptors (Lipinski definition) is 0. The molecular formula is C24H27N. The Hall–Kier alpha value is -2.72. The van der Waals surface area contributed by atoms with Crippen molar-refractivity contribution in [2.24, 2.45) is 0 Å². The van der Waals surface area contributed by atoms with Gasteiger partial charge in [-0.1, -0.05) is 42.3 Å². The Labute approximate surface area is 152 Å². The highest BCUT2D eigenvalue weighted by Gasteiger charge is 2.17. The fraction of sp³-hybridized carbons (Fsp3) is 0.250. The van der Waals surface area contributed by atoms with Crippen LogP contribution in [0.5, 0.6) is 0 Å². The van der Waals surface area contributed by atoms with E-state index in [0.717, 1.165) is 22.4 Å². The fourth-order valence-corrected chi connectivity index (χ4v) is 2.78. The number of benzene rings is 1. The zero-order valence-electron chi connectivity index (χ0n) is 15.9. The van der Waals surface area contributed by atoms with Gasteiger partial charge in [-0.15, -0.1) is 6.42 Å². The average Bonchev–Trinajstić information content (AvgIpc) is 3.11. The van der Waals surface area contributed by atoms with E-state index in [9.17, 15) is 0 Å². The normalized spacial score (nSPS) is 13.2. The summed E-state index contributed by atoms with van der Waals surface area (Å²) in [4.78, 5) is 3.23. The van der Waals surface area contributed by atoms with Crippen LogP contribution in [0.3, 0.4) is 0 Å². The fourth-order valence-electron chi connectivity index (χ4n) is 2.78. The molecule has 1 heteroatoms. The van der Waals surface area contributed by atoms with Crippen molar-refractivity contribution >= 4 is 11.6 Å². The summed E-state index contributed by atoms with van der Waals surface area (Å²) < 4.78 is 0. The molecule has 1 aromatic carbocycles. The summed E-state index contributed by atoms with van der Waals surface area (Å²) in [6, 6.07) is 12.6. The van der Waals surface area contributed by atoms with Crippen LogP contribution in [0.15, 0.2) is 65.9 Å². The summed E-state index contributed by atoms with van der Waals surface area (Å²) in [5.74, 6) is 2.85. The van der Waals surface area contributed by atoms with E-state index < -0.39 is 0 Å². The third-order valence-corrected chi connectivity index (χ3v) is 4.75. The highest BCUT2D eigenvalue weighted by molar-refractivity contribution is 5.76. The Morgan fingerprint density at radius 1 is 1.12 bits per heavy atom. The van der Waals surface area contributed by atoms with E-state index in [1.54, 1.807) is 0 Å². The van der Waals surface area contributed by atoms with E-state index in [-0.39, 0.29) is 5.41 Å². The Morgan fingerprint density at radius 2 is 1.76 bits per heavy atom. The van der Waals surface area contributed by atoms with Gasteiger partial charge < -0.3 is 4.98 Å². The van der Waals surface area contributed by atoms with Crippen LogP contribution in [-0.4, -0.2) is 4.98 Å². The van der Waals surface area contributed by atoms with Gasteiger partial charge in [0.25, 0.3) is 0 Å². The number of allylic oxidation sites excluding steroid dienone is 4. The first-order valence-electron chi connectivity index (χ1n) is 8.53. The molecule has 0 aliphatic carbocycles. The largest absolute Gasteiger partial charge is 0.362 e. The van der Waals surface area contributed by atoms with E-state index in [1.165, 1.54) is 16.7 Å². The summed E-state index contributed by atoms with van der Waals surface area (Å²) in [5, 5.41) is 0. The molecule has 128 valence electrons. The van der Waals surface area contributed by atoms with Crippen molar-refractivity contribution in [1.29, 1.82) is 0 Å². The zero-order valence-corrected chi connectivity index (χ0v) is 15.9. The quantitative estimate of drug-likeness (QED) is 0.484. The number of rotatable bonds is 5. The van der Waals surface area contributed by atoms with Gasteiger partial charge in [-0.25, -0.2) is 0 Å². The number of terminal acetylenes is 1. The van der Waals surface area contributed by atoms with E-state index >= 15 is 0 Å². The van der Waals surface area contributed by atoms with Crippen molar-refractivity contribution < 1.29 is 0 Å². The average molecular weight is 329 g/mol. The maximum atomic E-state index is 5.64. The molecule has 0 aliphatic heterocycles. The van der Waals surface area contributed by atoms with Gasteiger partial charge in [-0.05, 0) is 80.7 Å². The minimum atomic E-state index is -0.248. The maximum Gasteiger partial charge on any atom is 0.0504 e. The topological polar surface area (TPSA) is 15.8 Å². The molecule has 0 unspecified atom stereocenters. The highest BCUT2D eigenvalue weighted by Crippen LogP contribution is 2.30. The van der Waals surface area contributed by atoms with Crippen molar-refractivity contribution in [1.82, 2.24) is 4.98 Å². The van der Waals surface area contributed by atoms with Gasteiger partial charge in [0.2, 0.25) is 0 Å². The minimum Gasteiger partial charge on any atom is -0.362 e. The molecule has 0 bridgehead atoms. The molecule has 1 aromatic heterocycles. The molecule has 2 rings (SSSR count). The van der Waals surface area contributed by atoms with Gasteiger partial charge >= 0.3 is 0 Å². The summed E-state index contributed by atoms with van der Waals surface area (Å²) >= 11 is 0. The van der Waals surface area contributed by atoms with Crippen LogP contribution in [0.4, 0.5) is 0 Å². The third-order valence-electron chi connectivity index (χ3n) is 4.75. The molecule has 1 heterocycles. The highest BCUT2D eigenvalue weighted by atomic mass is 14.7. The number of nitrogens with one attached hydrogen (secondary N) is 1. The first-order chi connectivity index (χ1) is 11.8. The Morgan fingerprint density at radius 3 is 2.24 bits per heavy atom. The maximum absolute atomic E-state index is 5.64. The van der Waals surface area contributed by atoms with Crippen LogP contribution in [-0.2, 0) is 5.41 Å². The summed E-state index contributed by atoms with van der Waals surface area (Å²) in [5.41, 5.74) is 7.87. The van der Waals surface area contributed by atoms with E-state index in [4.69, 9.17) is 6.42 Å². The number of aromatic nitrogens is 1. The molecule has 0 radical (unpaired) electrons. The van der Waals surface area contributed by atoms with Crippen LogP contribution >= 0.6 is 0 Å². The van der Waals surface area contributed by atoms with E-state index in [0.29, 0.717) is 0 Å². The van der Waals surface area contributed by atoms with Crippen LogP contribution in [0.2, 0.25) is 0 Å².